The van der Waals surface area contributed by atoms with Crippen LogP contribution in [-0.4, -0.2) is 13.4 Å². The summed E-state index contributed by atoms with van der Waals surface area (Å²) in [6.07, 6.45) is 1.93. The van der Waals surface area contributed by atoms with E-state index in [-0.39, 0.29) is 47.6 Å². The quantitative estimate of drug-likeness (QED) is 0.261. The minimum atomic E-state index is 0. The third-order valence-electron chi connectivity index (χ3n) is 0.125. The maximum absolute atomic E-state index is 6.09. The number of rotatable bonds is 1. The molecule has 7 heavy (non-hydrogen) atoms. The van der Waals surface area contributed by atoms with E-state index in [4.69, 9.17) is 5.41 Å². The van der Waals surface area contributed by atoms with Gasteiger partial charge in [0.1, 0.15) is 0 Å². The fourth-order valence-corrected chi connectivity index (χ4v) is 0. The average molecular weight is 176 g/mol. The summed E-state index contributed by atoms with van der Waals surface area (Å²) in [7, 11) is 1.63. The van der Waals surface area contributed by atoms with Gasteiger partial charge in [-0.05, 0) is 7.05 Å². The first-order valence-corrected chi connectivity index (χ1v) is 1.00. The van der Waals surface area contributed by atoms with Gasteiger partial charge in [0.2, 0.25) is 0 Å². The Morgan fingerprint density at radius 3 is 1.57 bits per heavy atom. The van der Waals surface area contributed by atoms with Gasteiger partial charge in [-0.1, -0.05) is 0 Å². The predicted molar refractivity (Wildman–Crippen MR) is 29.6 cm³/mol. The van der Waals surface area contributed by atoms with Crippen molar-refractivity contribution in [2.24, 2.45) is 0 Å². The van der Waals surface area contributed by atoms with Gasteiger partial charge in [-0.25, -0.2) is 0 Å². The molecule has 40 valence electrons. The van der Waals surface area contributed by atoms with Crippen molar-refractivity contribution < 1.29 is 32.7 Å². The minimum absolute atomic E-state index is 0. The fourth-order valence-electron chi connectivity index (χ4n) is 0. The smallest absolute Gasteiger partial charge is 0.553 e. The van der Waals surface area contributed by atoms with E-state index < -0.39 is 0 Å². The van der Waals surface area contributed by atoms with Gasteiger partial charge in [0.15, 0.2) is 0 Å². The molecule has 0 unspecified atom stereocenters. The molecule has 0 aromatic carbocycles. The molecule has 0 atom stereocenters. The van der Waals surface area contributed by atoms with Gasteiger partial charge in [-0.2, -0.15) is 0 Å². The fraction of sp³-hybridized carbons (Fsp3) is 0.250. The maximum Gasteiger partial charge on any atom is 3.00 e. The van der Waals surface area contributed by atoms with Crippen LogP contribution in [0.1, 0.15) is 0 Å². The summed E-state index contributed by atoms with van der Waals surface area (Å²) in [4.78, 5) is 0. The Balaban J connectivity index is -0.0000000150. The molecule has 0 aromatic heterocycles. The van der Waals surface area contributed by atoms with Crippen molar-refractivity contribution in [2.45, 2.75) is 0 Å². The molecule has 0 radical (unpaired) electrons. The molecule has 3 heteroatoms. The van der Waals surface area contributed by atoms with Crippen LogP contribution in [0.3, 0.4) is 0 Å². The molecule has 0 bridgehead atoms. The standard InChI is InChI=1S/C2H5N2.2CH3.Y/c1-4-2-3;;;/h1H3,(H2,3,4);2*1H3;/q3*-1;+3. The molecular weight excluding hydrogens is 165 g/mol. The second kappa shape index (κ2) is 30.8. The van der Waals surface area contributed by atoms with Crippen molar-refractivity contribution in [1.82, 2.24) is 5.32 Å². The summed E-state index contributed by atoms with van der Waals surface area (Å²) in [6.45, 7) is 0. The van der Waals surface area contributed by atoms with Crippen LogP contribution < -0.4 is 5.32 Å². The van der Waals surface area contributed by atoms with Crippen LogP contribution >= 0.6 is 0 Å². The Hall–Kier alpha value is 0.574. The molecule has 0 saturated carbocycles. The Bertz CT molecular complexity index is 23.7. The summed E-state index contributed by atoms with van der Waals surface area (Å²) in [6, 6.07) is 0. The molecule has 0 heterocycles. The van der Waals surface area contributed by atoms with Gasteiger partial charge >= 0.3 is 32.7 Å². The van der Waals surface area contributed by atoms with E-state index in [0.717, 1.165) is 0 Å². The summed E-state index contributed by atoms with van der Waals surface area (Å²) < 4.78 is 0. The van der Waals surface area contributed by atoms with Gasteiger partial charge < -0.3 is 31.9 Å². The number of nitrogens with one attached hydrogen (secondary N) is 2. The molecule has 0 spiro atoms. The first kappa shape index (κ1) is 25.6. The monoisotopic (exact) mass is 176 g/mol. The Morgan fingerprint density at radius 2 is 1.57 bits per heavy atom. The third kappa shape index (κ3) is 55.5. The predicted octanol–water partition coefficient (Wildman–Crippen LogP) is 0.588. The molecular formula is C4H11N2Y. The zero-order valence-corrected chi connectivity index (χ0v) is 7.92. The normalized spacial score (nSPS) is 3.00. The first-order chi connectivity index (χ1) is 1.91. The van der Waals surface area contributed by atoms with Gasteiger partial charge in [0, 0.05) is 0 Å². The van der Waals surface area contributed by atoms with Crippen LogP contribution in [0.25, 0.3) is 0 Å². The Morgan fingerprint density at radius 1 is 1.43 bits per heavy atom. The van der Waals surface area contributed by atoms with Gasteiger partial charge in [0.25, 0.3) is 0 Å². The molecule has 0 saturated heterocycles. The second-order valence-corrected chi connectivity index (χ2v) is 0.375. The zero-order valence-electron chi connectivity index (χ0n) is 5.08. The number of hydrogen-bond acceptors (Lipinski definition) is 1. The van der Waals surface area contributed by atoms with E-state index in [0.29, 0.717) is 0 Å². The molecule has 0 aromatic rings. The van der Waals surface area contributed by atoms with Crippen molar-refractivity contribution >= 4 is 6.34 Å². The van der Waals surface area contributed by atoms with E-state index in [1.165, 1.54) is 0 Å². The van der Waals surface area contributed by atoms with Gasteiger partial charge in [0.05, 0.1) is 0 Å². The largest absolute Gasteiger partial charge is 3.00 e. The second-order valence-electron chi connectivity index (χ2n) is 0.375. The van der Waals surface area contributed by atoms with E-state index >= 15 is 0 Å². The Kier molecular flexibility index (Phi) is 113. The minimum Gasteiger partial charge on any atom is -0.553 e. The summed E-state index contributed by atoms with van der Waals surface area (Å²) in [5, 5.41) is 8.44. The summed E-state index contributed by atoms with van der Waals surface area (Å²) in [5.41, 5.74) is 0. The molecule has 2 N–H and O–H groups in total. The van der Waals surface area contributed by atoms with Crippen LogP contribution in [0.5, 0.6) is 0 Å². The van der Waals surface area contributed by atoms with Gasteiger partial charge in [-0.3, -0.25) is 0 Å². The van der Waals surface area contributed by atoms with Crippen molar-refractivity contribution in [3.63, 3.8) is 0 Å². The molecule has 0 rings (SSSR count). The molecule has 2 nitrogen and oxygen atoms in total. The molecule has 0 aliphatic rings. The van der Waals surface area contributed by atoms with Gasteiger partial charge in [-0.15, -0.1) is 0 Å². The van der Waals surface area contributed by atoms with E-state index in [2.05, 4.69) is 5.32 Å². The van der Waals surface area contributed by atoms with Crippen LogP contribution in [0, 0.1) is 20.3 Å². The maximum atomic E-state index is 6.09. The first-order valence-electron chi connectivity index (χ1n) is 1.00. The third-order valence-corrected chi connectivity index (χ3v) is 0.125. The van der Waals surface area contributed by atoms with Crippen LogP contribution in [-0.2, 0) is 32.7 Å². The van der Waals surface area contributed by atoms with E-state index in [1.807, 2.05) is 6.34 Å². The SMILES string of the molecule is CN[C-]=N.[CH3-].[CH3-].[Y+3]. The van der Waals surface area contributed by atoms with Crippen molar-refractivity contribution in [2.75, 3.05) is 7.05 Å². The number of hydrogen-bond donors (Lipinski definition) is 2. The Labute approximate surface area is 71.5 Å². The molecule has 0 aliphatic heterocycles. The topological polar surface area (TPSA) is 35.9 Å². The van der Waals surface area contributed by atoms with Crippen molar-refractivity contribution in [3.8, 4) is 0 Å². The van der Waals surface area contributed by atoms with Crippen LogP contribution in [0.15, 0.2) is 0 Å². The summed E-state index contributed by atoms with van der Waals surface area (Å²) >= 11 is 0. The zero-order chi connectivity index (χ0) is 3.41. The van der Waals surface area contributed by atoms with E-state index in [1.54, 1.807) is 7.05 Å². The molecule has 0 amide bonds. The molecule has 0 aliphatic carbocycles. The van der Waals surface area contributed by atoms with E-state index in [9.17, 15) is 0 Å². The van der Waals surface area contributed by atoms with Crippen molar-refractivity contribution in [1.29, 1.82) is 5.41 Å². The summed E-state index contributed by atoms with van der Waals surface area (Å²) in [5.74, 6) is 0. The van der Waals surface area contributed by atoms with Crippen LogP contribution in [0.4, 0.5) is 0 Å². The van der Waals surface area contributed by atoms with Crippen LogP contribution in [0.2, 0.25) is 0 Å². The van der Waals surface area contributed by atoms with Crippen molar-refractivity contribution in [3.05, 3.63) is 14.9 Å². The molecule has 0 fully saturated rings. The average Bonchev–Trinajstić information content (AvgIpc) is 1.37.